The highest BCUT2D eigenvalue weighted by Crippen LogP contribution is 2.18. The van der Waals surface area contributed by atoms with E-state index in [4.69, 9.17) is 0 Å². The van der Waals surface area contributed by atoms with Crippen molar-refractivity contribution in [2.75, 3.05) is 30.1 Å². The van der Waals surface area contributed by atoms with Gasteiger partial charge in [-0.05, 0) is 42.3 Å². The summed E-state index contributed by atoms with van der Waals surface area (Å²) in [4.78, 5) is 14.3. The summed E-state index contributed by atoms with van der Waals surface area (Å²) in [6, 6.07) is 14.2. The number of anilines is 2. The van der Waals surface area contributed by atoms with Crippen molar-refractivity contribution in [3.63, 3.8) is 0 Å². The number of benzene rings is 2. The molecular formula is C18H22N2O3S. The largest absolute Gasteiger partial charge is 0.365 e. The van der Waals surface area contributed by atoms with E-state index < -0.39 is 9.84 Å². The first kappa shape index (κ1) is 18.0. The van der Waals surface area contributed by atoms with Crippen molar-refractivity contribution in [3.05, 3.63) is 54.1 Å². The van der Waals surface area contributed by atoms with Gasteiger partial charge < -0.3 is 10.2 Å². The molecule has 0 saturated carbocycles. The maximum Gasteiger partial charge on any atom is 0.243 e. The molecule has 1 N–H and O–H groups in total. The minimum atomic E-state index is -3.21. The number of rotatable bonds is 6. The predicted molar refractivity (Wildman–Crippen MR) is 97.3 cm³/mol. The van der Waals surface area contributed by atoms with Crippen molar-refractivity contribution in [1.82, 2.24) is 0 Å². The molecule has 2 aromatic carbocycles. The lowest BCUT2D eigenvalue weighted by Crippen LogP contribution is -2.30. The lowest BCUT2D eigenvalue weighted by molar-refractivity contribution is -0.114. The van der Waals surface area contributed by atoms with Crippen molar-refractivity contribution in [2.45, 2.75) is 18.2 Å². The first-order valence-corrected chi connectivity index (χ1v) is 9.59. The van der Waals surface area contributed by atoms with E-state index in [1.165, 1.54) is 6.26 Å². The normalized spacial score (nSPS) is 11.1. The Hall–Kier alpha value is -2.34. The number of carbonyl (C=O) groups excluding carboxylic acids is 1. The number of amides is 1. The molecule has 0 bridgehead atoms. The van der Waals surface area contributed by atoms with Gasteiger partial charge in [-0.1, -0.05) is 25.1 Å². The van der Waals surface area contributed by atoms with Crippen LogP contribution in [-0.4, -0.2) is 34.2 Å². The van der Waals surface area contributed by atoms with Gasteiger partial charge >= 0.3 is 0 Å². The molecule has 0 unspecified atom stereocenters. The van der Waals surface area contributed by atoms with Gasteiger partial charge in [0.2, 0.25) is 5.91 Å². The second kappa shape index (κ2) is 7.49. The highest BCUT2D eigenvalue weighted by atomic mass is 32.2. The van der Waals surface area contributed by atoms with Crippen LogP contribution in [0.1, 0.15) is 12.5 Å². The number of aryl methyl sites for hydroxylation is 1. The minimum Gasteiger partial charge on any atom is -0.365 e. The van der Waals surface area contributed by atoms with Gasteiger partial charge in [-0.15, -0.1) is 0 Å². The summed E-state index contributed by atoms with van der Waals surface area (Å²) in [5.41, 5.74) is 2.69. The third-order valence-corrected chi connectivity index (χ3v) is 4.89. The molecule has 0 atom stereocenters. The van der Waals surface area contributed by atoms with Crippen molar-refractivity contribution >= 4 is 27.1 Å². The van der Waals surface area contributed by atoms with Crippen LogP contribution in [0.25, 0.3) is 0 Å². The zero-order valence-electron chi connectivity index (χ0n) is 14.1. The Morgan fingerprint density at radius 2 is 1.71 bits per heavy atom. The summed E-state index contributed by atoms with van der Waals surface area (Å²) >= 11 is 0. The molecule has 1 amide bonds. The van der Waals surface area contributed by atoms with Crippen molar-refractivity contribution in [3.8, 4) is 0 Å². The van der Waals surface area contributed by atoms with Crippen LogP contribution in [0.2, 0.25) is 0 Å². The van der Waals surface area contributed by atoms with Gasteiger partial charge in [-0.25, -0.2) is 8.42 Å². The first-order valence-electron chi connectivity index (χ1n) is 7.70. The molecule has 0 saturated heterocycles. The van der Waals surface area contributed by atoms with E-state index in [2.05, 4.69) is 5.32 Å². The van der Waals surface area contributed by atoms with Crippen molar-refractivity contribution in [2.24, 2.45) is 0 Å². The van der Waals surface area contributed by atoms with E-state index in [1.807, 2.05) is 31.2 Å². The van der Waals surface area contributed by atoms with Crippen LogP contribution in [0.5, 0.6) is 0 Å². The molecule has 0 aliphatic heterocycles. The van der Waals surface area contributed by atoms with Gasteiger partial charge in [0.05, 0.1) is 11.4 Å². The Bertz CT molecular complexity index is 814. The van der Waals surface area contributed by atoms with Gasteiger partial charge in [0.15, 0.2) is 9.84 Å². The molecule has 128 valence electrons. The molecule has 6 heteroatoms. The molecule has 0 fully saturated rings. The molecule has 0 aromatic heterocycles. The second-order valence-corrected chi connectivity index (χ2v) is 7.70. The summed E-state index contributed by atoms with van der Waals surface area (Å²) < 4.78 is 23.0. The molecule has 2 aromatic rings. The molecule has 0 radical (unpaired) electrons. The van der Waals surface area contributed by atoms with Crippen LogP contribution >= 0.6 is 0 Å². The number of para-hydroxylation sites is 1. The highest BCUT2D eigenvalue weighted by Gasteiger charge is 2.11. The molecule has 5 nitrogen and oxygen atoms in total. The van der Waals surface area contributed by atoms with E-state index in [0.29, 0.717) is 0 Å². The van der Waals surface area contributed by atoms with Crippen LogP contribution in [0.4, 0.5) is 11.4 Å². The molecular weight excluding hydrogens is 324 g/mol. The number of carbonyl (C=O) groups is 1. The van der Waals surface area contributed by atoms with Gasteiger partial charge in [0.25, 0.3) is 0 Å². The van der Waals surface area contributed by atoms with E-state index in [9.17, 15) is 13.2 Å². The summed E-state index contributed by atoms with van der Waals surface area (Å²) in [5, 5.41) is 2.92. The standard InChI is InChI=1S/C18H22N2O3S/c1-4-14-7-5-6-8-17(14)19-18(21)13-20(2)15-9-11-16(12-10-15)24(3,22)23/h5-12H,4,13H2,1-3H3,(H,19,21). The molecule has 2 rings (SSSR count). The average Bonchev–Trinajstić information content (AvgIpc) is 2.54. The van der Waals surface area contributed by atoms with E-state index in [0.717, 1.165) is 23.4 Å². The summed E-state index contributed by atoms with van der Waals surface area (Å²) in [6.45, 7) is 2.22. The third-order valence-electron chi connectivity index (χ3n) is 3.76. The number of nitrogens with one attached hydrogen (secondary N) is 1. The van der Waals surface area contributed by atoms with Crippen LogP contribution in [0.15, 0.2) is 53.4 Å². The predicted octanol–water partition coefficient (Wildman–Crippen LogP) is 2.73. The number of likely N-dealkylation sites (N-methyl/N-ethyl adjacent to an activating group) is 1. The van der Waals surface area contributed by atoms with Gasteiger partial charge in [-0.3, -0.25) is 4.79 Å². The summed E-state index contributed by atoms with van der Waals surface area (Å²) in [5.74, 6) is -0.120. The molecule has 0 aliphatic rings. The van der Waals surface area contributed by atoms with Gasteiger partial charge in [0, 0.05) is 24.7 Å². The summed E-state index contributed by atoms with van der Waals surface area (Å²) in [7, 11) is -1.42. The zero-order chi connectivity index (χ0) is 17.7. The smallest absolute Gasteiger partial charge is 0.243 e. The van der Waals surface area contributed by atoms with Crippen LogP contribution in [0, 0.1) is 0 Å². The van der Waals surface area contributed by atoms with Crippen molar-refractivity contribution in [1.29, 1.82) is 0 Å². The minimum absolute atomic E-state index is 0.120. The van der Waals surface area contributed by atoms with Gasteiger partial charge in [-0.2, -0.15) is 0 Å². The Kier molecular flexibility index (Phi) is 5.62. The Morgan fingerprint density at radius 1 is 1.08 bits per heavy atom. The zero-order valence-corrected chi connectivity index (χ0v) is 14.9. The van der Waals surface area contributed by atoms with Gasteiger partial charge in [0.1, 0.15) is 0 Å². The highest BCUT2D eigenvalue weighted by molar-refractivity contribution is 7.90. The van der Waals surface area contributed by atoms with Crippen LogP contribution < -0.4 is 10.2 Å². The monoisotopic (exact) mass is 346 g/mol. The first-order chi connectivity index (χ1) is 11.3. The average molecular weight is 346 g/mol. The number of hydrogen-bond donors (Lipinski definition) is 1. The lowest BCUT2D eigenvalue weighted by Gasteiger charge is -2.19. The number of hydrogen-bond acceptors (Lipinski definition) is 4. The topological polar surface area (TPSA) is 66.5 Å². The quantitative estimate of drug-likeness (QED) is 0.873. The maximum atomic E-state index is 12.2. The SMILES string of the molecule is CCc1ccccc1NC(=O)CN(C)c1ccc(S(C)(=O)=O)cc1. The van der Waals surface area contributed by atoms with Crippen molar-refractivity contribution < 1.29 is 13.2 Å². The summed E-state index contributed by atoms with van der Waals surface area (Å²) in [6.07, 6.45) is 2.02. The Morgan fingerprint density at radius 3 is 2.29 bits per heavy atom. The molecule has 24 heavy (non-hydrogen) atoms. The fourth-order valence-electron chi connectivity index (χ4n) is 2.39. The fraction of sp³-hybridized carbons (Fsp3) is 0.278. The fourth-order valence-corrected chi connectivity index (χ4v) is 3.03. The van der Waals surface area contributed by atoms with E-state index in [1.54, 1.807) is 36.2 Å². The second-order valence-electron chi connectivity index (χ2n) is 5.68. The number of sulfone groups is 1. The lowest BCUT2D eigenvalue weighted by atomic mass is 10.1. The Balaban J connectivity index is 2.03. The Labute approximate surface area is 143 Å². The maximum absolute atomic E-state index is 12.2. The third kappa shape index (κ3) is 4.58. The van der Waals surface area contributed by atoms with Crippen LogP contribution in [0.3, 0.4) is 0 Å². The molecule has 0 heterocycles. The number of nitrogens with zero attached hydrogens (tertiary/aromatic N) is 1. The van der Waals surface area contributed by atoms with Crippen LogP contribution in [-0.2, 0) is 21.1 Å². The molecule has 0 spiro atoms. The van der Waals surface area contributed by atoms with E-state index in [-0.39, 0.29) is 17.3 Å². The molecule has 0 aliphatic carbocycles. The van der Waals surface area contributed by atoms with E-state index >= 15 is 0 Å².